The van der Waals surface area contributed by atoms with Gasteiger partial charge in [0.25, 0.3) is 8.05 Å². The van der Waals surface area contributed by atoms with Gasteiger partial charge in [-0.2, -0.15) is 0 Å². The number of aliphatic hydroxyl groups excluding tert-OH is 2. The van der Waals surface area contributed by atoms with E-state index in [2.05, 4.69) is 0 Å². The number of hydrogen-bond donors (Lipinski definition) is 4. The standard InChI is InChI=1S/C11H25B3O12P2/c1-27(17,18)25-8-5(24-10(12)6(8)15)3-22-28(19,20)26-9-4(2-21-14)23-11(13)7(9)16/h4-11,15-16H,2-3,12-14H2,1H3,(H,17,18)(H,19,20)/t4-,5-,6?,7?,8+,9+,10-,11-/m1/s1. The Morgan fingerprint density at radius 2 is 1.39 bits per heavy atom. The normalized spacial score (nSPS) is 42.9. The molecule has 4 unspecified atom stereocenters. The van der Waals surface area contributed by atoms with Crippen molar-refractivity contribution in [2.45, 2.75) is 48.6 Å². The molecule has 10 atom stereocenters. The largest absolute Gasteiger partial charge is 0.472 e. The smallest absolute Gasteiger partial charge is 0.441 e. The molecule has 0 aromatic carbocycles. The highest BCUT2D eigenvalue weighted by molar-refractivity contribution is 7.51. The zero-order valence-electron chi connectivity index (χ0n) is 16.0. The molecule has 0 bridgehead atoms. The van der Waals surface area contributed by atoms with Gasteiger partial charge in [0, 0.05) is 6.66 Å². The fourth-order valence-electron chi connectivity index (χ4n) is 3.11. The molecule has 0 radical (unpaired) electrons. The Balaban J connectivity index is 1.99. The molecule has 2 rings (SSSR count). The lowest BCUT2D eigenvalue weighted by Gasteiger charge is -2.25. The van der Waals surface area contributed by atoms with Crippen LogP contribution in [0.2, 0.25) is 0 Å². The van der Waals surface area contributed by atoms with Crippen LogP contribution in [-0.2, 0) is 36.8 Å². The summed E-state index contributed by atoms with van der Waals surface area (Å²) in [6.45, 7) is 0.410. The zero-order valence-corrected chi connectivity index (χ0v) is 17.8. The second-order valence-corrected chi connectivity index (χ2v) is 10.1. The van der Waals surface area contributed by atoms with Crippen molar-refractivity contribution in [3.8, 4) is 0 Å². The number of hydrogen-bond acceptors (Lipinski definition) is 10. The molecule has 0 aliphatic carbocycles. The van der Waals surface area contributed by atoms with Gasteiger partial charge in [0.2, 0.25) is 0 Å². The summed E-state index contributed by atoms with van der Waals surface area (Å²) in [5.41, 5.74) is 0. The summed E-state index contributed by atoms with van der Waals surface area (Å²) in [4.78, 5) is 19.4. The third-order valence-electron chi connectivity index (χ3n) is 4.45. The number of phosphoric ester groups is 1. The Morgan fingerprint density at radius 1 is 0.929 bits per heavy atom. The van der Waals surface area contributed by atoms with Gasteiger partial charge in [-0.25, -0.2) is 4.57 Å². The van der Waals surface area contributed by atoms with Crippen LogP contribution >= 0.6 is 15.4 Å². The summed E-state index contributed by atoms with van der Waals surface area (Å²) in [5, 5.41) is 20.2. The molecular formula is C11H25B3O12P2. The van der Waals surface area contributed by atoms with Crippen molar-refractivity contribution in [3.63, 3.8) is 0 Å². The van der Waals surface area contributed by atoms with Crippen molar-refractivity contribution in [2.75, 3.05) is 19.9 Å². The number of rotatable bonds is 9. The minimum absolute atomic E-state index is 0.0275. The molecule has 0 amide bonds. The van der Waals surface area contributed by atoms with Gasteiger partial charge >= 0.3 is 15.4 Å². The van der Waals surface area contributed by atoms with Crippen molar-refractivity contribution in [2.24, 2.45) is 0 Å². The average molecular weight is 444 g/mol. The van der Waals surface area contributed by atoms with E-state index in [0.29, 0.717) is 0 Å². The lowest BCUT2D eigenvalue weighted by Crippen LogP contribution is -2.38. The molecule has 0 spiro atoms. The molecule has 17 heteroatoms. The molecule has 160 valence electrons. The van der Waals surface area contributed by atoms with E-state index in [0.717, 1.165) is 6.66 Å². The third kappa shape index (κ3) is 6.37. The van der Waals surface area contributed by atoms with E-state index in [1.54, 1.807) is 7.85 Å². The predicted octanol–water partition coefficient (Wildman–Crippen LogP) is -4.31. The lowest BCUT2D eigenvalue weighted by atomic mass is 9.93. The molecule has 0 saturated carbocycles. The molecule has 2 fully saturated rings. The van der Waals surface area contributed by atoms with Crippen LogP contribution in [0.3, 0.4) is 0 Å². The van der Waals surface area contributed by atoms with Gasteiger partial charge < -0.3 is 34.1 Å². The quantitative estimate of drug-likeness (QED) is 0.200. The summed E-state index contributed by atoms with van der Waals surface area (Å²) >= 11 is 0. The highest BCUT2D eigenvalue weighted by Crippen LogP contribution is 2.48. The highest BCUT2D eigenvalue weighted by Gasteiger charge is 2.48. The maximum absolute atomic E-state index is 12.3. The predicted molar refractivity (Wildman–Crippen MR) is 102 cm³/mol. The molecular weight excluding hydrogens is 418 g/mol. The lowest BCUT2D eigenvalue weighted by molar-refractivity contribution is -0.0269. The van der Waals surface area contributed by atoms with Crippen molar-refractivity contribution in [3.05, 3.63) is 0 Å². The van der Waals surface area contributed by atoms with E-state index in [-0.39, 0.29) is 6.61 Å². The number of phosphoric acid groups is 1. The van der Waals surface area contributed by atoms with Crippen molar-refractivity contribution in [1.82, 2.24) is 0 Å². The second kappa shape index (κ2) is 9.59. The summed E-state index contributed by atoms with van der Waals surface area (Å²) in [5.74, 6) is 0. The summed E-state index contributed by atoms with van der Waals surface area (Å²) in [6.07, 6.45) is -6.68. The zero-order chi connectivity index (χ0) is 21.3. The summed E-state index contributed by atoms with van der Waals surface area (Å²) < 4.78 is 54.5. The van der Waals surface area contributed by atoms with E-state index in [4.69, 9.17) is 27.7 Å². The van der Waals surface area contributed by atoms with E-state index >= 15 is 0 Å². The van der Waals surface area contributed by atoms with Crippen molar-refractivity contribution >= 4 is 39.2 Å². The van der Waals surface area contributed by atoms with Crippen LogP contribution in [0, 0.1) is 0 Å². The van der Waals surface area contributed by atoms with E-state index in [1.807, 2.05) is 0 Å². The summed E-state index contributed by atoms with van der Waals surface area (Å²) in [6, 6.07) is -1.39. The SMILES string of the molecule is BOC[C@H]1O[C@@H](B)C(O)[C@H]1OP(=O)(O)OC[C@H]1O[C@@H](B)C(O)[C@H]1OP(C)(=O)O. The van der Waals surface area contributed by atoms with E-state index < -0.39 is 70.7 Å². The Bertz CT molecular complexity index is 622. The molecule has 2 saturated heterocycles. The van der Waals surface area contributed by atoms with E-state index in [9.17, 15) is 29.1 Å². The van der Waals surface area contributed by atoms with Gasteiger partial charge in [0.15, 0.2) is 0 Å². The highest BCUT2D eigenvalue weighted by atomic mass is 31.2. The molecule has 0 aromatic heterocycles. The fraction of sp³-hybridized carbons (Fsp3) is 1.00. The fourth-order valence-corrected chi connectivity index (χ4v) is 4.79. The van der Waals surface area contributed by atoms with Gasteiger partial charge in [-0.1, -0.05) is 0 Å². The average Bonchev–Trinajstić information content (AvgIpc) is 2.97. The van der Waals surface area contributed by atoms with Crippen LogP contribution in [0.25, 0.3) is 0 Å². The third-order valence-corrected chi connectivity index (χ3v) is 6.07. The Labute approximate surface area is 165 Å². The van der Waals surface area contributed by atoms with Gasteiger partial charge in [-0.15, -0.1) is 0 Å². The Morgan fingerprint density at radius 3 is 1.86 bits per heavy atom. The maximum Gasteiger partial charge on any atom is 0.472 e. The van der Waals surface area contributed by atoms with Crippen LogP contribution in [0.15, 0.2) is 0 Å². The molecule has 2 heterocycles. The number of ether oxygens (including phenoxy) is 2. The van der Waals surface area contributed by atoms with Crippen LogP contribution < -0.4 is 0 Å². The van der Waals surface area contributed by atoms with E-state index in [1.165, 1.54) is 15.9 Å². The monoisotopic (exact) mass is 444 g/mol. The topological polar surface area (TPSA) is 170 Å². The first-order valence-corrected chi connectivity index (χ1v) is 12.2. The van der Waals surface area contributed by atoms with Crippen molar-refractivity contribution < 1.29 is 56.8 Å². The van der Waals surface area contributed by atoms with Crippen LogP contribution in [-0.4, -0.2) is 112 Å². The molecule has 28 heavy (non-hydrogen) atoms. The van der Waals surface area contributed by atoms with Gasteiger partial charge in [0.05, 0.1) is 25.2 Å². The molecule has 0 aromatic rings. The number of aliphatic hydroxyl groups is 2. The first-order valence-electron chi connectivity index (χ1n) is 8.65. The maximum atomic E-state index is 12.3. The first kappa shape index (κ1) is 24.5. The minimum Gasteiger partial charge on any atom is -0.441 e. The van der Waals surface area contributed by atoms with Gasteiger partial charge in [-0.3, -0.25) is 18.1 Å². The minimum atomic E-state index is -4.68. The molecule has 2 aliphatic heterocycles. The first-order chi connectivity index (χ1) is 12.8. The summed E-state index contributed by atoms with van der Waals surface area (Å²) in [7, 11) is -4.14. The second-order valence-electron chi connectivity index (χ2n) is 6.90. The van der Waals surface area contributed by atoms with Crippen molar-refractivity contribution in [1.29, 1.82) is 0 Å². The van der Waals surface area contributed by atoms with Crippen LogP contribution in [0.5, 0.6) is 0 Å². The van der Waals surface area contributed by atoms with Gasteiger partial charge in [-0.05, 0) is 0 Å². The van der Waals surface area contributed by atoms with Crippen LogP contribution in [0.4, 0.5) is 0 Å². The molecule has 12 nitrogen and oxygen atoms in total. The van der Waals surface area contributed by atoms with Gasteiger partial charge in [0.1, 0.15) is 52.3 Å². The van der Waals surface area contributed by atoms with Crippen LogP contribution in [0.1, 0.15) is 0 Å². The molecule has 2 aliphatic rings. The Kier molecular flexibility index (Phi) is 8.40. The molecule has 4 N–H and O–H groups in total. The Hall–Kier alpha value is 0.255.